The molecule has 0 aromatic rings. The van der Waals surface area contributed by atoms with E-state index in [4.69, 9.17) is 11.6 Å². The number of carbonyl (C=O) groups excluding carboxylic acids is 1. The van der Waals surface area contributed by atoms with E-state index >= 15 is 0 Å². The van der Waals surface area contributed by atoms with Crippen LogP contribution >= 0.6 is 11.6 Å². The second-order valence-electron chi connectivity index (χ2n) is 4.25. The Labute approximate surface area is 96.4 Å². The molecule has 0 spiro atoms. The summed E-state index contributed by atoms with van der Waals surface area (Å²) in [6, 6.07) is 0. The summed E-state index contributed by atoms with van der Waals surface area (Å²) < 4.78 is 0. The van der Waals surface area contributed by atoms with Gasteiger partial charge in [0, 0.05) is 25.4 Å². The van der Waals surface area contributed by atoms with Crippen molar-refractivity contribution < 1.29 is 9.90 Å². The molecule has 1 aliphatic rings. The highest BCUT2D eigenvalue weighted by molar-refractivity contribution is 6.17. The third-order valence-corrected chi connectivity index (χ3v) is 3.37. The Kier molecular flexibility index (Phi) is 5.40. The summed E-state index contributed by atoms with van der Waals surface area (Å²) in [5, 5.41) is 9.42. The van der Waals surface area contributed by atoms with Crippen molar-refractivity contribution in [3.63, 3.8) is 0 Å². The Morgan fingerprint density at radius 1 is 1.53 bits per heavy atom. The van der Waals surface area contributed by atoms with Crippen molar-refractivity contribution in [2.24, 2.45) is 5.92 Å². The molecule has 88 valence electrons. The van der Waals surface area contributed by atoms with Gasteiger partial charge in [-0.25, -0.2) is 0 Å². The minimum atomic E-state index is -0.245. The van der Waals surface area contributed by atoms with E-state index in [-0.39, 0.29) is 12.0 Å². The molecule has 0 aliphatic carbocycles. The number of likely N-dealkylation sites (tertiary alicyclic amines) is 1. The third kappa shape index (κ3) is 3.99. The van der Waals surface area contributed by atoms with Crippen molar-refractivity contribution in [3.8, 4) is 0 Å². The first-order chi connectivity index (χ1) is 7.15. The number of rotatable bonds is 4. The van der Waals surface area contributed by atoms with Gasteiger partial charge in [0.25, 0.3) is 0 Å². The van der Waals surface area contributed by atoms with Gasteiger partial charge in [-0.2, -0.15) is 0 Å². The van der Waals surface area contributed by atoms with Gasteiger partial charge < -0.3 is 10.0 Å². The molecule has 0 bridgehead atoms. The first-order valence-electron chi connectivity index (χ1n) is 5.67. The molecule has 0 aromatic carbocycles. The van der Waals surface area contributed by atoms with E-state index in [9.17, 15) is 9.90 Å². The maximum absolute atomic E-state index is 11.6. The zero-order valence-electron chi connectivity index (χ0n) is 9.29. The standard InChI is InChI=1S/C11H20ClNO2/c1-9(14)10-4-7-13(8-5-10)11(15)3-2-6-12/h9-10,14H,2-8H2,1H3. The van der Waals surface area contributed by atoms with E-state index in [1.165, 1.54) is 0 Å². The highest BCUT2D eigenvalue weighted by atomic mass is 35.5. The number of nitrogens with zero attached hydrogens (tertiary/aromatic N) is 1. The maximum Gasteiger partial charge on any atom is 0.222 e. The summed E-state index contributed by atoms with van der Waals surface area (Å²) in [6.07, 6.45) is 2.92. The summed E-state index contributed by atoms with van der Waals surface area (Å²) in [5.74, 6) is 1.12. The van der Waals surface area contributed by atoms with Gasteiger partial charge in [-0.05, 0) is 32.1 Å². The van der Waals surface area contributed by atoms with Crippen molar-refractivity contribution >= 4 is 17.5 Å². The molecule has 1 amide bonds. The molecule has 1 unspecified atom stereocenters. The predicted octanol–water partition coefficient (Wildman–Crippen LogP) is 1.62. The number of hydrogen-bond acceptors (Lipinski definition) is 2. The van der Waals surface area contributed by atoms with Crippen LogP contribution in [0.2, 0.25) is 0 Å². The van der Waals surface area contributed by atoms with Crippen LogP contribution in [-0.2, 0) is 4.79 Å². The molecule has 1 rings (SSSR count). The molecular formula is C11H20ClNO2. The number of carbonyl (C=O) groups is 1. The minimum absolute atomic E-state index is 0.208. The molecular weight excluding hydrogens is 214 g/mol. The van der Waals surface area contributed by atoms with Crippen molar-refractivity contribution in [1.82, 2.24) is 4.90 Å². The molecule has 1 saturated heterocycles. The Bertz CT molecular complexity index is 201. The predicted molar refractivity (Wildman–Crippen MR) is 60.9 cm³/mol. The van der Waals surface area contributed by atoms with E-state index in [0.717, 1.165) is 32.4 Å². The summed E-state index contributed by atoms with van der Waals surface area (Å²) >= 11 is 5.55. The first-order valence-corrected chi connectivity index (χ1v) is 6.20. The fourth-order valence-electron chi connectivity index (χ4n) is 2.01. The van der Waals surface area contributed by atoms with Gasteiger partial charge in [-0.15, -0.1) is 11.6 Å². The molecule has 3 nitrogen and oxygen atoms in total. The van der Waals surface area contributed by atoms with Crippen LogP contribution in [0.15, 0.2) is 0 Å². The third-order valence-electron chi connectivity index (χ3n) is 3.10. The molecule has 1 aliphatic heterocycles. The Balaban J connectivity index is 2.27. The zero-order chi connectivity index (χ0) is 11.3. The van der Waals surface area contributed by atoms with Crippen LogP contribution in [0.1, 0.15) is 32.6 Å². The largest absolute Gasteiger partial charge is 0.393 e. The van der Waals surface area contributed by atoms with Crippen LogP contribution in [0.3, 0.4) is 0 Å². The van der Waals surface area contributed by atoms with Gasteiger partial charge in [0.15, 0.2) is 0 Å². The highest BCUT2D eigenvalue weighted by Gasteiger charge is 2.24. The minimum Gasteiger partial charge on any atom is -0.393 e. The summed E-state index contributed by atoms with van der Waals surface area (Å²) in [5.41, 5.74) is 0. The van der Waals surface area contributed by atoms with E-state index in [1.54, 1.807) is 0 Å². The lowest BCUT2D eigenvalue weighted by Gasteiger charge is -2.33. The van der Waals surface area contributed by atoms with Crippen LogP contribution in [0, 0.1) is 5.92 Å². The van der Waals surface area contributed by atoms with Gasteiger partial charge in [0.05, 0.1) is 6.10 Å². The van der Waals surface area contributed by atoms with Gasteiger partial charge in [0.1, 0.15) is 0 Å². The summed E-state index contributed by atoms with van der Waals surface area (Å²) in [6.45, 7) is 3.41. The molecule has 1 fully saturated rings. The van der Waals surface area contributed by atoms with Crippen molar-refractivity contribution in [2.75, 3.05) is 19.0 Å². The topological polar surface area (TPSA) is 40.5 Å². The Hall–Kier alpha value is -0.280. The average molecular weight is 234 g/mol. The number of piperidine rings is 1. The normalized spacial score (nSPS) is 20.3. The smallest absolute Gasteiger partial charge is 0.222 e. The second kappa shape index (κ2) is 6.33. The SMILES string of the molecule is CC(O)C1CCN(C(=O)CCCCl)CC1. The zero-order valence-corrected chi connectivity index (χ0v) is 10.0. The molecule has 1 atom stereocenters. The number of halogens is 1. The van der Waals surface area contributed by atoms with Crippen LogP contribution in [-0.4, -0.2) is 41.0 Å². The molecule has 4 heteroatoms. The van der Waals surface area contributed by atoms with Gasteiger partial charge in [-0.3, -0.25) is 4.79 Å². The fraction of sp³-hybridized carbons (Fsp3) is 0.909. The lowest BCUT2D eigenvalue weighted by Crippen LogP contribution is -2.40. The second-order valence-corrected chi connectivity index (χ2v) is 4.63. The van der Waals surface area contributed by atoms with E-state index in [1.807, 2.05) is 11.8 Å². The van der Waals surface area contributed by atoms with Crippen LogP contribution in [0.25, 0.3) is 0 Å². The van der Waals surface area contributed by atoms with Gasteiger partial charge in [-0.1, -0.05) is 0 Å². The molecule has 1 heterocycles. The number of alkyl halides is 1. The summed E-state index contributed by atoms with van der Waals surface area (Å²) in [7, 11) is 0. The number of amides is 1. The average Bonchev–Trinajstić information content (AvgIpc) is 2.26. The summed E-state index contributed by atoms with van der Waals surface area (Å²) in [4.78, 5) is 13.5. The maximum atomic E-state index is 11.6. The van der Waals surface area contributed by atoms with Crippen molar-refractivity contribution in [3.05, 3.63) is 0 Å². The number of hydrogen-bond donors (Lipinski definition) is 1. The van der Waals surface area contributed by atoms with E-state index in [2.05, 4.69) is 0 Å². The monoisotopic (exact) mass is 233 g/mol. The Morgan fingerprint density at radius 3 is 2.60 bits per heavy atom. The van der Waals surface area contributed by atoms with E-state index in [0.29, 0.717) is 18.2 Å². The number of aliphatic hydroxyl groups excluding tert-OH is 1. The van der Waals surface area contributed by atoms with Crippen molar-refractivity contribution in [2.45, 2.75) is 38.7 Å². The lowest BCUT2D eigenvalue weighted by molar-refractivity contribution is -0.133. The molecule has 0 aromatic heterocycles. The molecule has 0 radical (unpaired) electrons. The van der Waals surface area contributed by atoms with Crippen LogP contribution < -0.4 is 0 Å². The first kappa shape index (κ1) is 12.8. The fourth-order valence-corrected chi connectivity index (χ4v) is 2.14. The van der Waals surface area contributed by atoms with Crippen LogP contribution in [0.4, 0.5) is 0 Å². The van der Waals surface area contributed by atoms with Crippen molar-refractivity contribution in [1.29, 1.82) is 0 Å². The lowest BCUT2D eigenvalue weighted by atomic mass is 9.92. The van der Waals surface area contributed by atoms with Crippen LogP contribution in [0.5, 0.6) is 0 Å². The molecule has 15 heavy (non-hydrogen) atoms. The quantitative estimate of drug-likeness (QED) is 0.750. The van der Waals surface area contributed by atoms with Gasteiger partial charge >= 0.3 is 0 Å². The molecule has 1 N–H and O–H groups in total. The van der Waals surface area contributed by atoms with Gasteiger partial charge in [0.2, 0.25) is 5.91 Å². The highest BCUT2D eigenvalue weighted by Crippen LogP contribution is 2.21. The molecule has 0 saturated carbocycles. The Morgan fingerprint density at radius 2 is 2.13 bits per heavy atom. The number of aliphatic hydroxyl groups is 1. The van der Waals surface area contributed by atoms with E-state index < -0.39 is 0 Å².